The predicted octanol–water partition coefficient (Wildman–Crippen LogP) is 2.06. The van der Waals surface area contributed by atoms with Crippen LogP contribution in [0.25, 0.3) is 5.57 Å². The first-order chi connectivity index (χ1) is 14.7. The number of hydrogen-bond acceptors (Lipinski definition) is 5. The molecule has 1 atom stereocenters. The summed E-state index contributed by atoms with van der Waals surface area (Å²) in [7, 11) is 0. The smallest absolute Gasteiger partial charge is 0.257 e. The van der Waals surface area contributed by atoms with Gasteiger partial charge in [-0.3, -0.25) is 14.6 Å². The standard InChI is InChI=1S/C23H26N4O3/c28-22(17-2-3-17)26-10-6-16(7-11-26)18-4-5-20-19(14-18)23(29)27(12-13-30-20)15-21-24-8-1-9-25-21/h1,4-6,8-9,14,17,21,24H,2-3,7,10-13,15H2. The molecule has 3 aliphatic heterocycles. The van der Waals surface area contributed by atoms with Crippen molar-refractivity contribution in [2.24, 2.45) is 10.9 Å². The highest BCUT2D eigenvalue weighted by atomic mass is 16.5. The molecule has 3 heterocycles. The maximum atomic E-state index is 13.2. The van der Waals surface area contributed by atoms with Crippen molar-refractivity contribution in [2.45, 2.75) is 25.4 Å². The average Bonchev–Trinajstić information content (AvgIpc) is 3.64. The van der Waals surface area contributed by atoms with Gasteiger partial charge in [0.1, 0.15) is 18.5 Å². The molecule has 1 N–H and O–H groups in total. The van der Waals surface area contributed by atoms with Crippen LogP contribution in [0.15, 0.2) is 41.5 Å². The molecule has 1 saturated carbocycles. The zero-order valence-electron chi connectivity index (χ0n) is 16.9. The number of rotatable bonds is 4. The van der Waals surface area contributed by atoms with Crippen molar-refractivity contribution in [1.29, 1.82) is 0 Å². The number of benzene rings is 1. The lowest BCUT2D eigenvalue weighted by Gasteiger charge is -2.27. The Morgan fingerprint density at radius 3 is 2.90 bits per heavy atom. The Morgan fingerprint density at radius 2 is 2.17 bits per heavy atom. The molecule has 5 rings (SSSR count). The van der Waals surface area contributed by atoms with Crippen molar-refractivity contribution in [3.8, 4) is 5.75 Å². The number of nitrogens with one attached hydrogen (secondary N) is 1. The molecule has 7 nitrogen and oxygen atoms in total. The zero-order valence-corrected chi connectivity index (χ0v) is 16.9. The fourth-order valence-corrected chi connectivity index (χ4v) is 4.17. The number of hydrogen-bond donors (Lipinski definition) is 1. The predicted molar refractivity (Wildman–Crippen MR) is 114 cm³/mol. The molecule has 4 aliphatic rings. The lowest BCUT2D eigenvalue weighted by molar-refractivity contribution is -0.132. The van der Waals surface area contributed by atoms with Gasteiger partial charge in [-0.15, -0.1) is 0 Å². The fourth-order valence-electron chi connectivity index (χ4n) is 4.17. The van der Waals surface area contributed by atoms with E-state index < -0.39 is 0 Å². The summed E-state index contributed by atoms with van der Waals surface area (Å²) in [6.07, 6.45) is 10.3. The van der Waals surface area contributed by atoms with Gasteiger partial charge in [0, 0.05) is 25.2 Å². The van der Waals surface area contributed by atoms with Crippen LogP contribution < -0.4 is 10.1 Å². The number of amides is 2. The molecule has 0 saturated heterocycles. The molecule has 0 bridgehead atoms. The molecule has 1 fully saturated rings. The van der Waals surface area contributed by atoms with Crippen molar-refractivity contribution < 1.29 is 14.3 Å². The molecule has 1 aliphatic carbocycles. The minimum atomic E-state index is -0.139. The molecule has 0 radical (unpaired) electrons. The molecular formula is C23H26N4O3. The number of allylic oxidation sites excluding steroid dienone is 1. The van der Waals surface area contributed by atoms with E-state index in [9.17, 15) is 9.59 Å². The van der Waals surface area contributed by atoms with Gasteiger partial charge < -0.3 is 19.9 Å². The van der Waals surface area contributed by atoms with Crippen molar-refractivity contribution >= 4 is 23.6 Å². The van der Waals surface area contributed by atoms with Gasteiger partial charge in [-0.25, -0.2) is 0 Å². The Balaban J connectivity index is 1.33. The molecule has 156 valence electrons. The third-order valence-electron chi connectivity index (χ3n) is 6.06. The second-order valence-electron chi connectivity index (χ2n) is 8.19. The summed E-state index contributed by atoms with van der Waals surface area (Å²) in [6, 6.07) is 5.86. The number of carbonyl (C=O) groups excluding carboxylic acids is 2. The number of nitrogens with zero attached hydrogens (tertiary/aromatic N) is 3. The fraction of sp³-hybridized carbons (Fsp3) is 0.435. The van der Waals surface area contributed by atoms with Crippen LogP contribution in [-0.4, -0.2) is 66.8 Å². The van der Waals surface area contributed by atoms with E-state index in [2.05, 4.69) is 16.4 Å². The lowest BCUT2D eigenvalue weighted by atomic mass is 9.96. The summed E-state index contributed by atoms with van der Waals surface area (Å²) in [6.45, 7) is 2.88. The van der Waals surface area contributed by atoms with Crippen molar-refractivity contribution in [3.05, 3.63) is 47.7 Å². The van der Waals surface area contributed by atoms with Crippen LogP contribution in [0.5, 0.6) is 5.75 Å². The van der Waals surface area contributed by atoms with E-state index in [-0.39, 0.29) is 18.0 Å². The van der Waals surface area contributed by atoms with Gasteiger partial charge in [-0.05, 0) is 54.8 Å². The van der Waals surface area contributed by atoms with Gasteiger partial charge in [0.2, 0.25) is 5.91 Å². The molecule has 0 spiro atoms. The summed E-state index contributed by atoms with van der Waals surface area (Å²) in [5, 5.41) is 3.17. The van der Waals surface area contributed by atoms with Crippen LogP contribution in [0, 0.1) is 5.92 Å². The van der Waals surface area contributed by atoms with Crippen molar-refractivity contribution in [1.82, 2.24) is 15.1 Å². The van der Waals surface area contributed by atoms with Gasteiger partial charge in [-0.1, -0.05) is 12.1 Å². The molecule has 0 aromatic heterocycles. The van der Waals surface area contributed by atoms with Gasteiger partial charge in [-0.2, -0.15) is 0 Å². The van der Waals surface area contributed by atoms with E-state index in [0.717, 1.165) is 31.4 Å². The van der Waals surface area contributed by atoms with Gasteiger partial charge in [0.15, 0.2) is 0 Å². The highest BCUT2D eigenvalue weighted by Gasteiger charge is 2.34. The number of fused-ring (bicyclic) bond motifs is 1. The topological polar surface area (TPSA) is 74.2 Å². The van der Waals surface area contributed by atoms with Crippen molar-refractivity contribution in [2.75, 3.05) is 32.8 Å². The third-order valence-corrected chi connectivity index (χ3v) is 6.06. The summed E-state index contributed by atoms with van der Waals surface area (Å²) in [4.78, 5) is 33.7. The summed E-state index contributed by atoms with van der Waals surface area (Å²) in [5.74, 6) is 1.15. The van der Waals surface area contributed by atoms with Gasteiger partial charge >= 0.3 is 0 Å². The number of carbonyl (C=O) groups is 2. The number of ether oxygens (including phenoxy) is 1. The molecule has 1 aromatic carbocycles. The van der Waals surface area contributed by atoms with E-state index in [4.69, 9.17) is 4.74 Å². The van der Waals surface area contributed by atoms with Crippen LogP contribution in [0.4, 0.5) is 0 Å². The first-order valence-electron chi connectivity index (χ1n) is 10.7. The van der Waals surface area contributed by atoms with E-state index in [1.807, 2.05) is 35.4 Å². The Morgan fingerprint density at radius 1 is 1.27 bits per heavy atom. The minimum Gasteiger partial charge on any atom is -0.491 e. The Bertz CT molecular complexity index is 948. The Labute approximate surface area is 176 Å². The lowest BCUT2D eigenvalue weighted by Crippen LogP contribution is -2.42. The molecule has 1 aromatic rings. The van der Waals surface area contributed by atoms with Gasteiger partial charge in [0.05, 0.1) is 18.7 Å². The third kappa shape index (κ3) is 3.84. The zero-order chi connectivity index (χ0) is 20.5. The first-order valence-corrected chi connectivity index (χ1v) is 10.7. The summed E-state index contributed by atoms with van der Waals surface area (Å²) >= 11 is 0. The summed E-state index contributed by atoms with van der Waals surface area (Å²) in [5.41, 5.74) is 2.81. The molecule has 30 heavy (non-hydrogen) atoms. The number of aliphatic imine (C=N–C) groups is 1. The average molecular weight is 406 g/mol. The highest BCUT2D eigenvalue weighted by molar-refractivity contribution is 5.98. The second-order valence-corrected chi connectivity index (χ2v) is 8.19. The van der Waals surface area contributed by atoms with Crippen LogP contribution in [0.1, 0.15) is 35.2 Å². The maximum Gasteiger partial charge on any atom is 0.257 e. The van der Waals surface area contributed by atoms with Crippen LogP contribution in [0.2, 0.25) is 0 Å². The van der Waals surface area contributed by atoms with Crippen LogP contribution in [-0.2, 0) is 4.79 Å². The Kier molecular flexibility index (Phi) is 5.02. The van der Waals surface area contributed by atoms with Crippen LogP contribution in [0.3, 0.4) is 0 Å². The van der Waals surface area contributed by atoms with E-state index in [1.54, 1.807) is 11.1 Å². The SMILES string of the molecule is O=C1c2cc(C3=CCN(C(=O)C4CC4)CC3)ccc2OCCN1CC1N=CC=CN1. The largest absolute Gasteiger partial charge is 0.491 e. The summed E-state index contributed by atoms with van der Waals surface area (Å²) < 4.78 is 5.85. The highest BCUT2D eigenvalue weighted by Crippen LogP contribution is 2.34. The van der Waals surface area contributed by atoms with Crippen LogP contribution >= 0.6 is 0 Å². The molecular weight excluding hydrogens is 380 g/mol. The molecule has 2 amide bonds. The van der Waals surface area contributed by atoms with E-state index >= 15 is 0 Å². The Hall–Kier alpha value is -3.09. The van der Waals surface area contributed by atoms with Crippen molar-refractivity contribution in [3.63, 3.8) is 0 Å². The maximum absolute atomic E-state index is 13.2. The first kappa shape index (κ1) is 18.9. The molecule has 7 heteroatoms. The molecule has 1 unspecified atom stereocenters. The minimum absolute atomic E-state index is 0.0298. The van der Waals surface area contributed by atoms with Gasteiger partial charge in [0.25, 0.3) is 5.91 Å². The quantitative estimate of drug-likeness (QED) is 0.831. The van der Waals surface area contributed by atoms with E-state index in [1.165, 1.54) is 5.57 Å². The van der Waals surface area contributed by atoms with E-state index in [0.29, 0.717) is 43.5 Å². The second kappa shape index (κ2) is 7.97. The monoisotopic (exact) mass is 406 g/mol. The normalized spacial score (nSPS) is 23.3.